The Morgan fingerprint density at radius 1 is 0.893 bits per heavy atom. The molecule has 1 aromatic heterocycles. The van der Waals surface area contributed by atoms with E-state index in [0.29, 0.717) is 35.4 Å². The Bertz CT molecular complexity index is 904. The molecule has 2 aromatic carbocycles. The monoisotopic (exact) mass is 380 g/mol. The fourth-order valence-corrected chi connectivity index (χ4v) is 2.65. The van der Waals surface area contributed by atoms with E-state index in [2.05, 4.69) is 26.1 Å². The highest BCUT2D eigenvalue weighted by molar-refractivity contribution is 5.75. The third-order valence-electron chi connectivity index (χ3n) is 4.14. The van der Waals surface area contributed by atoms with Gasteiger partial charge in [-0.05, 0) is 36.2 Å². The molecule has 8 heteroatoms. The van der Waals surface area contributed by atoms with Crippen LogP contribution in [-0.2, 0) is 6.42 Å². The van der Waals surface area contributed by atoms with Crippen LogP contribution in [0.5, 0.6) is 11.5 Å². The number of methoxy groups -OCH3 is 2. The van der Waals surface area contributed by atoms with Gasteiger partial charge in [0.1, 0.15) is 12.0 Å². The summed E-state index contributed by atoms with van der Waals surface area (Å²) in [5.41, 5.74) is 14.7. The number of ether oxygens (including phenoxy) is 2. The summed E-state index contributed by atoms with van der Waals surface area (Å²) in [5, 5.41) is 3.25. The zero-order chi connectivity index (χ0) is 19.8. The maximum atomic E-state index is 6.18. The largest absolute Gasteiger partial charge is 0.493 e. The van der Waals surface area contributed by atoms with Crippen molar-refractivity contribution in [2.45, 2.75) is 6.42 Å². The molecular formula is C20H24N6O2. The van der Waals surface area contributed by atoms with Crippen molar-refractivity contribution in [1.82, 2.24) is 9.97 Å². The number of rotatable bonds is 9. The molecule has 0 saturated heterocycles. The van der Waals surface area contributed by atoms with E-state index in [-0.39, 0.29) is 0 Å². The third-order valence-corrected chi connectivity index (χ3v) is 4.14. The smallest absolute Gasteiger partial charge is 0.173 e. The minimum Gasteiger partial charge on any atom is -0.493 e. The standard InChI is InChI=1S/C20H24N6O2/c1-27-16-9-8-14(12-17(16)28-2)10-11-22-19-18(21)20(24-13-23-19)26-25-15-6-4-3-5-7-15/h3-9,12-13,25H,10-11,21H2,1-2H3,(H2,22,23,24,26). The summed E-state index contributed by atoms with van der Waals surface area (Å²) >= 11 is 0. The van der Waals surface area contributed by atoms with Crippen molar-refractivity contribution in [2.24, 2.45) is 0 Å². The Kier molecular flexibility index (Phi) is 6.35. The predicted octanol–water partition coefficient (Wildman–Crippen LogP) is 3.17. The molecule has 28 heavy (non-hydrogen) atoms. The molecule has 0 atom stereocenters. The van der Waals surface area contributed by atoms with E-state index >= 15 is 0 Å². The van der Waals surface area contributed by atoms with Crippen molar-refractivity contribution in [1.29, 1.82) is 0 Å². The van der Waals surface area contributed by atoms with E-state index in [4.69, 9.17) is 15.2 Å². The van der Waals surface area contributed by atoms with Crippen molar-refractivity contribution < 1.29 is 9.47 Å². The lowest BCUT2D eigenvalue weighted by Gasteiger charge is -2.14. The SMILES string of the molecule is COc1ccc(CCNc2ncnc(NNc3ccccc3)c2N)cc1OC. The summed E-state index contributed by atoms with van der Waals surface area (Å²) in [7, 11) is 3.24. The van der Waals surface area contributed by atoms with Crippen LogP contribution >= 0.6 is 0 Å². The first-order valence-electron chi connectivity index (χ1n) is 8.83. The molecule has 0 unspecified atom stereocenters. The van der Waals surface area contributed by atoms with Gasteiger partial charge in [-0.2, -0.15) is 0 Å². The highest BCUT2D eigenvalue weighted by atomic mass is 16.5. The molecule has 8 nitrogen and oxygen atoms in total. The molecule has 1 heterocycles. The number of benzene rings is 2. The first-order valence-corrected chi connectivity index (χ1v) is 8.83. The number of nitrogens with two attached hydrogens (primary N) is 1. The lowest BCUT2D eigenvalue weighted by atomic mass is 10.1. The maximum absolute atomic E-state index is 6.18. The number of hydrogen-bond acceptors (Lipinski definition) is 8. The predicted molar refractivity (Wildman–Crippen MR) is 112 cm³/mol. The number of anilines is 4. The molecule has 0 fully saturated rings. The van der Waals surface area contributed by atoms with E-state index in [0.717, 1.165) is 17.7 Å². The highest BCUT2D eigenvalue weighted by Crippen LogP contribution is 2.28. The van der Waals surface area contributed by atoms with E-state index in [1.807, 2.05) is 48.5 Å². The first kappa shape index (κ1) is 19.1. The summed E-state index contributed by atoms with van der Waals surface area (Å²) in [6, 6.07) is 15.6. The number of aromatic nitrogens is 2. The number of nitrogen functional groups attached to an aromatic ring is 1. The van der Waals surface area contributed by atoms with Gasteiger partial charge >= 0.3 is 0 Å². The Morgan fingerprint density at radius 2 is 1.64 bits per heavy atom. The van der Waals surface area contributed by atoms with Crippen molar-refractivity contribution in [3.8, 4) is 11.5 Å². The minimum atomic E-state index is 0.443. The van der Waals surface area contributed by atoms with E-state index in [1.165, 1.54) is 6.33 Å². The van der Waals surface area contributed by atoms with Gasteiger partial charge in [0.05, 0.1) is 19.9 Å². The van der Waals surface area contributed by atoms with Gasteiger partial charge in [0, 0.05) is 6.54 Å². The Labute approximate surface area is 164 Å². The van der Waals surface area contributed by atoms with Gasteiger partial charge in [-0.15, -0.1) is 0 Å². The van der Waals surface area contributed by atoms with Gasteiger partial charge in [-0.25, -0.2) is 9.97 Å². The van der Waals surface area contributed by atoms with Crippen LogP contribution in [0.25, 0.3) is 0 Å². The second kappa shape index (κ2) is 9.31. The molecule has 0 aliphatic heterocycles. The van der Waals surface area contributed by atoms with Crippen LogP contribution in [0.1, 0.15) is 5.56 Å². The first-order chi connectivity index (χ1) is 13.7. The zero-order valence-electron chi connectivity index (χ0n) is 15.9. The lowest BCUT2D eigenvalue weighted by molar-refractivity contribution is 0.354. The van der Waals surface area contributed by atoms with Gasteiger partial charge in [0.25, 0.3) is 0 Å². The van der Waals surface area contributed by atoms with Crippen LogP contribution in [0.4, 0.5) is 23.0 Å². The number of nitrogens with one attached hydrogen (secondary N) is 3. The summed E-state index contributed by atoms with van der Waals surface area (Å²) in [6.07, 6.45) is 2.24. The molecule has 0 radical (unpaired) electrons. The van der Waals surface area contributed by atoms with E-state index < -0.39 is 0 Å². The number of para-hydroxylation sites is 1. The molecule has 3 aromatic rings. The molecule has 5 N–H and O–H groups in total. The molecule has 0 bridgehead atoms. The van der Waals surface area contributed by atoms with Crippen LogP contribution < -0.4 is 31.4 Å². The van der Waals surface area contributed by atoms with Gasteiger partial charge in [0.15, 0.2) is 23.1 Å². The molecule has 3 rings (SSSR count). The second-order valence-corrected chi connectivity index (χ2v) is 5.97. The van der Waals surface area contributed by atoms with Crippen LogP contribution in [0.15, 0.2) is 54.9 Å². The molecule has 0 spiro atoms. The lowest BCUT2D eigenvalue weighted by Crippen LogP contribution is -2.15. The normalized spacial score (nSPS) is 10.2. The summed E-state index contributed by atoms with van der Waals surface area (Å²) in [5.74, 6) is 2.50. The Balaban J connectivity index is 1.59. The van der Waals surface area contributed by atoms with Gasteiger partial charge < -0.3 is 20.5 Å². The van der Waals surface area contributed by atoms with Crippen molar-refractivity contribution >= 4 is 23.0 Å². The summed E-state index contributed by atoms with van der Waals surface area (Å²) in [4.78, 5) is 8.41. The maximum Gasteiger partial charge on any atom is 0.173 e. The zero-order valence-corrected chi connectivity index (χ0v) is 15.9. The quantitative estimate of drug-likeness (QED) is 0.420. The van der Waals surface area contributed by atoms with Crippen LogP contribution in [-0.4, -0.2) is 30.7 Å². The topological polar surface area (TPSA) is 106 Å². The molecule has 0 saturated carbocycles. The van der Waals surface area contributed by atoms with Gasteiger partial charge in [0.2, 0.25) is 0 Å². The Morgan fingerprint density at radius 3 is 2.39 bits per heavy atom. The molecule has 0 aliphatic carbocycles. The number of hydrazine groups is 1. The average Bonchev–Trinajstić information content (AvgIpc) is 2.74. The number of hydrogen-bond donors (Lipinski definition) is 4. The minimum absolute atomic E-state index is 0.443. The van der Waals surface area contributed by atoms with Crippen LogP contribution in [0, 0.1) is 0 Å². The van der Waals surface area contributed by atoms with Crippen LogP contribution in [0.2, 0.25) is 0 Å². The highest BCUT2D eigenvalue weighted by Gasteiger charge is 2.08. The molecule has 0 amide bonds. The third kappa shape index (κ3) is 4.73. The molecular weight excluding hydrogens is 356 g/mol. The summed E-state index contributed by atoms with van der Waals surface area (Å²) in [6.45, 7) is 0.655. The fourth-order valence-electron chi connectivity index (χ4n) is 2.65. The number of nitrogens with zero attached hydrogens (tertiary/aromatic N) is 2. The molecule has 0 aliphatic rings. The van der Waals surface area contributed by atoms with E-state index in [9.17, 15) is 0 Å². The average molecular weight is 380 g/mol. The Hall–Kier alpha value is -3.68. The van der Waals surface area contributed by atoms with Crippen LogP contribution in [0.3, 0.4) is 0 Å². The van der Waals surface area contributed by atoms with Gasteiger partial charge in [-0.3, -0.25) is 10.9 Å². The van der Waals surface area contributed by atoms with E-state index in [1.54, 1.807) is 14.2 Å². The van der Waals surface area contributed by atoms with Gasteiger partial charge in [-0.1, -0.05) is 24.3 Å². The second-order valence-electron chi connectivity index (χ2n) is 5.97. The van der Waals surface area contributed by atoms with Crippen molar-refractivity contribution in [3.05, 3.63) is 60.4 Å². The molecule has 146 valence electrons. The fraction of sp³-hybridized carbons (Fsp3) is 0.200. The van der Waals surface area contributed by atoms with Crippen molar-refractivity contribution in [3.63, 3.8) is 0 Å². The van der Waals surface area contributed by atoms with Crippen molar-refractivity contribution in [2.75, 3.05) is 42.7 Å². The summed E-state index contributed by atoms with van der Waals surface area (Å²) < 4.78 is 10.6.